The van der Waals surface area contributed by atoms with E-state index in [9.17, 15) is 5.11 Å². The summed E-state index contributed by atoms with van der Waals surface area (Å²) < 4.78 is 11.3. The molecule has 0 heterocycles. The molecule has 0 aliphatic carbocycles. The second kappa shape index (κ2) is 7.69. The summed E-state index contributed by atoms with van der Waals surface area (Å²) in [6.07, 6.45) is 1.15. The first-order chi connectivity index (χ1) is 8.64. The molecular weight excluding hydrogens is 244 g/mol. The predicted octanol–water partition coefficient (Wildman–Crippen LogP) is 2.33. The van der Waals surface area contributed by atoms with E-state index in [0.717, 1.165) is 25.0 Å². The van der Waals surface area contributed by atoms with Gasteiger partial charge in [0.05, 0.1) is 5.60 Å². The molecule has 0 aliphatic rings. The quantitative estimate of drug-likeness (QED) is 0.581. The van der Waals surface area contributed by atoms with Crippen molar-refractivity contribution in [2.45, 2.75) is 45.3 Å². The van der Waals surface area contributed by atoms with Crippen LogP contribution in [0.2, 0.25) is 0 Å². The molecular formula is C14H24O3Si. The van der Waals surface area contributed by atoms with Crippen molar-refractivity contribution in [1.29, 1.82) is 0 Å². The Bertz CT molecular complexity index is 331. The van der Waals surface area contributed by atoms with Crippen LogP contribution in [-0.2, 0) is 8.85 Å². The molecule has 0 spiro atoms. The maximum absolute atomic E-state index is 10.4. The van der Waals surface area contributed by atoms with Crippen molar-refractivity contribution in [3.05, 3.63) is 35.9 Å². The number of aliphatic hydroxyl groups is 1. The first-order valence-corrected chi connectivity index (χ1v) is 7.74. The van der Waals surface area contributed by atoms with E-state index in [1.165, 1.54) is 0 Å². The smallest absolute Gasteiger partial charge is 0.305 e. The van der Waals surface area contributed by atoms with Gasteiger partial charge >= 0.3 is 10.0 Å². The van der Waals surface area contributed by atoms with E-state index in [1.54, 1.807) is 0 Å². The molecule has 0 saturated heterocycles. The molecule has 0 amide bonds. The topological polar surface area (TPSA) is 38.7 Å². The highest BCUT2D eigenvalue weighted by molar-refractivity contribution is 6.18. The highest BCUT2D eigenvalue weighted by Gasteiger charge is 2.33. The summed E-state index contributed by atoms with van der Waals surface area (Å²) in [6, 6.07) is 9.66. The lowest BCUT2D eigenvalue weighted by Gasteiger charge is -2.34. The average Bonchev–Trinajstić information content (AvgIpc) is 2.43. The van der Waals surface area contributed by atoms with Crippen LogP contribution in [0.1, 0.15) is 45.3 Å². The molecule has 1 aromatic carbocycles. The zero-order valence-corrected chi connectivity index (χ0v) is 13.0. The first-order valence-electron chi connectivity index (χ1n) is 6.58. The second-order valence-corrected chi connectivity index (χ2v) is 5.58. The zero-order chi connectivity index (χ0) is 13.4. The number of hydrogen-bond acceptors (Lipinski definition) is 3. The molecule has 1 aromatic rings. The lowest BCUT2D eigenvalue weighted by Crippen LogP contribution is -2.37. The fraction of sp³-hybridized carbons (Fsp3) is 0.571. The van der Waals surface area contributed by atoms with Gasteiger partial charge in [-0.1, -0.05) is 44.2 Å². The van der Waals surface area contributed by atoms with Gasteiger partial charge in [0.2, 0.25) is 0 Å². The number of rotatable bonds is 8. The first kappa shape index (κ1) is 15.4. The van der Waals surface area contributed by atoms with Gasteiger partial charge in [0.15, 0.2) is 0 Å². The molecule has 18 heavy (non-hydrogen) atoms. The van der Waals surface area contributed by atoms with Crippen LogP contribution in [0.4, 0.5) is 0 Å². The highest BCUT2D eigenvalue weighted by atomic mass is 28.3. The van der Waals surface area contributed by atoms with E-state index in [4.69, 9.17) is 8.85 Å². The Kier molecular flexibility index (Phi) is 6.57. The van der Waals surface area contributed by atoms with E-state index in [-0.39, 0.29) is 0 Å². The fourth-order valence-corrected chi connectivity index (χ4v) is 2.86. The van der Waals surface area contributed by atoms with Crippen molar-refractivity contribution in [1.82, 2.24) is 0 Å². The van der Waals surface area contributed by atoms with Crippen molar-refractivity contribution >= 4 is 10.0 Å². The molecule has 0 bridgehead atoms. The van der Waals surface area contributed by atoms with Crippen LogP contribution in [0.5, 0.6) is 0 Å². The number of aliphatic hydroxyl groups excluding tert-OH is 1. The molecule has 0 saturated carbocycles. The summed E-state index contributed by atoms with van der Waals surface area (Å²) in [4.78, 5) is 0. The van der Waals surface area contributed by atoms with Gasteiger partial charge in [-0.05, 0) is 25.3 Å². The molecule has 0 aromatic heterocycles. The van der Waals surface area contributed by atoms with Crippen LogP contribution < -0.4 is 0 Å². The van der Waals surface area contributed by atoms with Gasteiger partial charge in [0, 0.05) is 6.61 Å². The molecule has 102 valence electrons. The number of benzene rings is 1. The van der Waals surface area contributed by atoms with E-state index in [2.05, 4.69) is 6.92 Å². The van der Waals surface area contributed by atoms with E-state index < -0.39 is 21.7 Å². The Morgan fingerprint density at radius 3 is 2.50 bits per heavy atom. The van der Waals surface area contributed by atoms with Crippen LogP contribution in [-0.4, -0.2) is 27.3 Å². The summed E-state index contributed by atoms with van der Waals surface area (Å²) >= 11 is 0. The number of hydrogen-bond donors (Lipinski definition) is 1. The van der Waals surface area contributed by atoms with E-state index in [1.807, 2.05) is 44.2 Å². The Hall–Kier alpha value is -0.683. The van der Waals surface area contributed by atoms with Gasteiger partial charge in [-0.25, -0.2) is 0 Å². The summed E-state index contributed by atoms with van der Waals surface area (Å²) in [6.45, 7) is 6.80. The van der Waals surface area contributed by atoms with Gasteiger partial charge in [-0.15, -0.1) is 0 Å². The summed E-state index contributed by atoms with van der Waals surface area (Å²) in [7, 11) is -1.02. The van der Waals surface area contributed by atoms with Gasteiger partial charge in [-0.3, -0.25) is 0 Å². The normalized spacial score (nSPS) is 16.9. The van der Waals surface area contributed by atoms with Crippen molar-refractivity contribution in [2.75, 3.05) is 6.61 Å². The van der Waals surface area contributed by atoms with Gasteiger partial charge in [0.25, 0.3) is 0 Å². The monoisotopic (exact) mass is 268 g/mol. The van der Waals surface area contributed by atoms with Gasteiger partial charge in [-0.2, -0.15) is 0 Å². The minimum Gasteiger partial charge on any atom is -0.399 e. The van der Waals surface area contributed by atoms with Crippen molar-refractivity contribution < 1.29 is 14.0 Å². The molecule has 0 fully saturated rings. The average molecular weight is 268 g/mol. The molecule has 0 aliphatic heterocycles. The second-order valence-electron chi connectivity index (χ2n) is 4.65. The molecule has 1 rings (SSSR count). The Labute approximate surface area is 112 Å². The minimum absolute atomic E-state index is 0.554. The summed E-state index contributed by atoms with van der Waals surface area (Å²) in [5.41, 5.74) is 0.341. The van der Waals surface area contributed by atoms with Crippen LogP contribution in [0, 0.1) is 0 Å². The molecule has 2 atom stereocenters. The van der Waals surface area contributed by atoms with Crippen molar-refractivity contribution in [3.8, 4) is 0 Å². The van der Waals surface area contributed by atoms with E-state index >= 15 is 0 Å². The SMILES string of the molecule is CCCO[SiH2]OC(C)(CC)C(O)c1ccccc1. The maximum Gasteiger partial charge on any atom is 0.305 e. The van der Waals surface area contributed by atoms with Crippen LogP contribution >= 0.6 is 0 Å². The standard InChI is InChI=1S/C14H24O3Si/c1-4-11-16-18-17-14(3,5-2)13(15)12-9-7-6-8-10-12/h6-10,13,15H,4-5,11,18H2,1-3H3. The summed E-state index contributed by atoms with van der Waals surface area (Å²) in [5.74, 6) is 0. The van der Waals surface area contributed by atoms with E-state index in [0.29, 0.717) is 0 Å². The minimum atomic E-state index is -1.02. The summed E-state index contributed by atoms with van der Waals surface area (Å²) in [5, 5.41) is 10.4. The van der Waals surface area contributed by atoms with Gasteiger partial charge in [0.1, 0.15) is 6.10 Å². The molecule has 1 N–H and O–H groups in total. The fourth-order valence-electron chi connectivity index (χ4n) is 1.74. The molecule has 0 radical (unpaired) electrons. The lowest BCUT2D eigenvalue weighted by atomic mass is 9.91. The van der Waals surface area contributed by atoms with Gasteiger partial charge < -0.3 is 14.0 Å². The molecule has 2 unspecified atom stereocenters. The van der Waals surface area contributed by atoms with Crippen molar-refractivity contribution in [3.63, 3.8) is 0 Å². The van der Waals surface area contributed by atoms with Crippen LogP contribution in [0.15, 0.2) is 30.3 Å². The maximum atomic E-state index is 10.4. The Morgan fingerprint density at radius 2 is 1.94 bits per heavy atom. The Balaban J connectivity index is 2.62. The van der Waals surface area contributed by atoms with Crippen molar-refractivity contribution in [2.24, 2.45) is 0 Å². The highest BCUT2D eigenvalue weighted by Crippen LogP contribution is 2.31. The van der Waals surface area contributed by atoms with Crippen LogP contribution in [0.3, 0.4) is 0 Å². The largest absolute Gasteiger partial charge is 0.399 e. The third-order valence-electron chi connectivity index (χ3n) is 3.22. The third kappa shape index (κ3) is 4.21. The molecule has 3 nitrogen and oxygen atoms in total. The predicted molar refractivity (Wildman–Crippen MR) is 76.0 cm³/mol. The lowest BCUT2D eigenvalue weighted by molar-refractivity contribution is -0.0558. The third-order valence-corrected chi connectivity index (χ3v) is 4.45. The zero-order valence-electron chi connectivity index (χ0n) is 11.6. The van der Waals surface area contributed by atoms with Crippen LogP contribution in [0.25, 0.3) is 0 Å². The molecule has 4 heteroatoms. The Morgan fingerprint density at radius 1 is 1.28 bits per heavy atom.